The summed E-state index contributed by atoms with van der Waals surface area (Å²) in [5.74, 6) is 0.778. The predicted octanol–water partition coefficient (Wildman–Crippen LogP) is 1.82. The van der Waals surface area contributed by atoms with Gasteiger partial charge in [-0.05, 0) is 31.6 Å². The molecular weight excluding hydrogens is 254 g/mol. The lowest BCUT2D eigenvalue weighted by Crippen LogP contribution is -2.48. The van der Waals surface area contributed by atoms with Crippen LogP contribution in [0.15, 0.2) is 0 Å². The fourth-order valence-corrected chi connectivity index (χ4v) is 3.54. The molecule has 20 heavy (non-hydrogen) atoms. The van der Waals surface area contributed by atoms with Gasteiger partial charge in [0.25, 0.3) is 0 Å². The molecule has 2 aliphatic rings. The largest absolute Gasteiger partial charge is 0.351 e. The van der Waals surface area contributed by atoms with E-state index in [0.717, 1.165) is 19.4 Å². The van der Waals surface area contributed by atoms with Gasteiger partial charge in [0.15, 0.2) is 0 Å². The molecule has 2 fully saturated rings. The monoisotopic (exact) mass is 281 g/mol. The van der Waals surface area contributed by atoms with E-state index in [1.807, 2.05) is 11.9 Å². The minimum atomic E-state index is -0.405. The standard InChI is InChI=1S/C15H27N3O2/c1-17(10-12-6-3-2-4-7-12)14(19)13-8-5-9-18(11-13)15(16)20/h12-13H,2-11H2,1H3,(H2,16,20). The van der Waals surface area contributed by atoms with Crippen molar-refractivity contribution >= 4 is 11.9 Å². The number of nitrogens with zero attached hydrogens (tertiary/aromatic N) is 2. The van der Waals surface area contributed by atoms with Crippen LogP contribution in [0.3, 0.4) is 0 Å². The van der Waals surface area contributed by atoms with Crippen LogP contribution in [0.1, 0.15) is 44.9 Å². The molecule has 1 unspecified atom stereocenters. The normalized spacial score (nSPS) is 24.4. The van der Waals surface area contributed by atoms with Crippen LogP contribution in [-0.2, 0) is 4.79 Å². The Morgan fingerprint density at radius 2 is 1.85 bits per heavy atom. The van der Waals surface area contributed by atoms with Gasteiger partial charge in [-0.2, -0.15) is 0 Å². The van der Waals surface area contributed by atoms with Gasteiger partial charge in [-0.3, -0.25) is 4.79 Å². The van der Waals surface area contributed by atoms with Crippen LogP contribution < -0.4 is 5.73 Å². The molecule has 1 saturated carbocycles. The highest BCUT2D eigenvalue weighted by atomic mass is 16.2. The van der Waals surface area contributed by atoms with Crippen molar-refractivity contribution in [2.45, 2.75) is 44.9 Å². The van der Waals surface area contributed by atoms with Crippen molar-refractivity contribution in [2.75, 3.05) is 26.7 Å². The number of carbonyl (C=O) groups is 2. The molecule has 2 N–H and O–H groups in total. The molecule has 114 valence electrons. The molecule has 0 aromatic rings. The zero-order valence-electron chi connectivity index (χ0n) is 12.5. The quantitative estimate of drug-likeness (QED) is 0.857. The second kappa shape index (κ2) is 6.95. The van der Waals surface area contributed by atoms with Crippen LogP contribution in [0.2, 0.25) is 0 Å². The van der Waals surface area contributed by atoms with Gasteiger partial charge in [0.05, 0.1) is 5.92 Å². The summed E-state index contributed by atoms with van der Waals surface area (Å²) < 4.78 is 0. The SMILES string of the molecule is CN(CC1CCCCC1)C(=O)C1CCCN(C(N)=O)C1. The first kappa shape index (κ1) is 15.1. The summed E-state index contributed by atoms with van der Waals surface area (Å²) in [6, 6.07) is -0.405. The number of hydrogen-bond donors (Lipinski definition) is 1. The second-order valence-electron chi connectivity index (χ2n) is 6.35. The Balaban J connectivity index is 1.84. The Labute approximate surface area is 121 Å². The number of amides is 3. The summed E-state index contributed by atoms with van der Waals surface area (Å²) in [5.41, 5.74) is 5.32. The molecule has 2 rings (SSSR count). The number of piperidine rings is 1. The average molecular weight is 281 g/mol. The number of carbonyl (C=O) groups excluding carboxylic acids is 2. The fourth-order valence-electron chi connectivity index (χ4n) is 3.54. The van der Waals surface area contributed by atoms with Gasteiger partial charge in [-0.15, -0.1) is 0 Å². The van der Waals surface area contributed by atoms with Crippen LogP contribution in [0.4, 0.5) is 4.79 Å². The first-order valence-corrected chi connectivity index (χ1v) is 7.87. The maximum atomic E-state index is 12.5. The Kier molecular flexibility index (Phi) is 5.26. The maximum absolute atomic E-state index is 12.5. The molecule has 3 amide bonds. The van der Waals surface area contributed by atoms with E-state index in [1.165, 1.54) is 32.1 Å². The van der Waals surface area contributed by atoms with E-state index in [-0.39, 0.29) is 11.8 Å². The highest BCUT2D eigenvalue weighted by Gasteiger charge is 2.30. The number of likely N-dealkylation sites (tertiary alicyclic amines) is 1. The third kappa shape index (κ3) is 3.87. The summed E-state index contributed by atoms with van der Waals surface area (Å²) in [5, 5.41) is 0. The topological polar surface area (TPSA) is 66.6 Å². The van der Waals surface area contributed by atoms with E-state index in [9.17, 15) is 9.59 Å². The Hall–Kier alpha value is -1.26. The summed E-state index contributed by atoms with van der Waals surface area (Å²) >= 11 is 0. The van der Waals surface area contributed by atoms with Gasteiger partial charge in [-0.1, -0.05) is 19.3 Å². The van der Waals surface area contributed by atoms with E-state index in [4.69, 9.17) is 5.73 Å². The van der Waals surface area contributed by atoms with Gasteiger partial charge >= 0.3 is 6.03 Å². The van der Waals surface area contributed by atoms with E-state index in [0.29, 0.717) is 19.0 Å². The van der Waals surface area contributed by atoms with Crippen molar-refractivity contribution in [1.82, 2.24) is 9.80 Å². The Bertz CT molecular complexity index is 353. The fraction of sp³-hybridized carbons (Fsp3) is 0.867. The first-order valence-electron chi connectivity index (χ1n) is 7.87. The predicted molar refractivity (Wildman–Crippen MR) is 78.1 cm³/mol. The zero-order chi connectivity index (χ0) is 14.5. The van der Waals surface area contributed by atoms with E-state index < -0.39 is 6.03 Å². The molecule has 5 nitrogen and oxygen atoms in total. The third-order valence-electron chi connectivity index (χ3n) is 4.72. The molecule has 0 spiro atoms. The zero-order valence-corrected chi connectivity index (χ0v) is 12.5. The molecule has 0 bridgehead atoms. The lowest BCUT2D eigenvalue weighted by molar-refractivity contribution is -0.136. The molecule has 1 atom stereocenters. The Morgan fingerprint density at radius 3 is 2.50 bits per heavy atom. The van der Waals surface area contributed by atoms with Crippen molar-refractivity contribution in [2.24, 2.45) is 17.6 Å². The molecule has 1 aliphatic heterocycles. The smallest absolute Gasteiger partial charge is 0.314 e. The van der Waals surface area contributed by atoms with Crippen molar-refractivity contribution in [3.63, 3.8) is 0 Å². The van der Waals surface area contributed by atoms with Crippen molar-refractivity contribution < 1.29 is 9.59 Å². The molecule has 0 radical (unpaired) electrons. The number of hydrogen-bond acceptors (Lipinski definition) is 2. The molecule has 1 aliphatic carbocycles. The van der Waals surface area contributed by atoms with Crippen molar-refractivity contribution in [3.8, 4) is 0 Å². The van der Waals surface area contributed by atoms with E-state index in [1.54, 1.807) is 4.90 Å². The molecule has 5 heteroatoms. The van der Waals surface area contributed by atoms with Crippen LogP contribution in [-0.4, -0.2) is 48.4 Å². The highest BCUT2D eigenvalue weighted by Crippen LogP contribution is 2.25. The van der Waals surface area contributed by atoms with Crippen molar-refractivity contribution in [3.05, 3.63) is 0 Å². The maximum Gasteiger partial charge on any atom is 0.314 e. The van der Waals surface area contributed by atoms with Crippen LogP contribution in [0, 0.1) is 11.8 Å². The van der Waals surface area contributed by atoms with Gasteiger partial charge in [-0.25, -0.2) is 4.79 Å². The first-order chi connectivity index (χ1) is 9.58. The van der Waals surface area contributed by atoms with Gasteiger partial charge in [0.1, 0.15) is 0 Å². The lowest BCUT2D eigenvalue weighted by Gasteiger charge is -2.34. The van der Waals surface area contributed by atoms with Crippen molar-refractivity contribution in [1.29, 1.82) is 0 Å². The lowest BCUT2D eigenvalue weighted by atomic mass is 9.88. The third-order valence-corrected chi connectivity index (χ3v) is 4.72. The highest BCUT2D eigenvalue weighted by molar-refractivity contribution is 5.80. The van der Waals surface area contributed by atoms with Crippen LogP contribution in [0.25, 0.3) is 0 Å². The minimum absolute atomic E-state index is 0.0650. The minimum Gasteiger partial charge on any atom is -0.351 e. The van der Waals surface area contributed by atoms with Gasteiger partial charge in [0.2, 0.25) is 5.91 Å². The second-order valence-corrected chi connectivity index (χ2v) is 6.35. The number of rotatable bonds is 3. The van der Waals surface area contributed by atoms with Crippen LogP contribution >= 0.6 is 0 Å². The van der Waals surface area contributed by atoms with Gasteiger partial charge in [0, 0.05) is 26.7 Å². The average Bonchev–Trinajstić information content (AvgIpc) is 2.47. The molecule has 0 aromatic carbocycles. The number of primary amides is 1. The summed E-state index contributed by atoms with van der Waals surface area (Å²) in [7, 11) is 1.90. The molecule has 1 heterocycles. The number of urea groups is 1. The van der Waals surface area contributed by atoms with Crippen LogP contribution in [0.5, 0.6) is 0 Å². The van der Waals surface area contributed by atoms with Gasteiger partial charge < -0.3 is 15.5 Å². The summed E-state index contributed by atoms with van der Waals surface area (Å²) in [6.07, 6.45) is 8.17. The summed E-state index contributed by atoms with van der Waals surface area (Å²) in [4.78, 5) is 27.2. The Morgan fingerprint density at radius 1 is 1.15 bits per heavy atom. The molecule has 0 aromatic heterocycles. The number of nitrogens with two attached hydrogens (primary N) is 1. The molecule has 1 saturated heterocycles. The van der Waals surface area contributed by atoms with E-state index in [2.05, 4.69) is 0 Å². The molecular formula is C15H27N3O2. The summed E-state index contributed by atoms with van der Waals surface area (Å²) in [6.45, 7) is 2.04. The van der Waals surface area contributed by atoms with E-state index >= 15 is 0 Å².